The quantitative estimate of drug-likeness (QED) is 0.340. The lowest BCUT2D eigenvalue weighted by Gasteiger charge is -2.18. The molecule has 1 heterocycles. The number of benzene rings is 3. The van der Waals surface area contributed by atoms with Gasteiger partial charge in [0.1, 0.15) is 23.1 Å². The summed E-state index contributed by atoms with van der Waals surface area (Å²) in [5.74, 6) is 0.989. The number of hydrogen-bond donors (Lipinski definition) is 1. The van der Waals surface area contributed by atoms with E-state index in [1.54, 1.807) is 43.3 Å². The van der Waals surface area contributed by atoms with Crippen LogP contribution in [-0.2, 0) is 4.79 Å². The first-order chi connectivity index (χ1) is 16.1. The second-order valence-electron chi connectivity index (χ2n) is 6.90. The number of anilines is 1. The molecule has 0 radical (unpaired) electrons. The Kier molecular flexibility index (Phi) is 7.16. The first kappa shape index (κ1) is 22.7. The molecule has 9 heteroatoms. The second kappa shape index (κ2) is 10.4. The first-order valence-electron chi connectivity index (χ1n) is 10.00. The van der Waals surface area contributed by atoms with Crippen molar-refractivity contribution in [2.45, 2.75) is 10.4 Å². The Morgan fingerprint density at radius 2 is 1.73 bits per heavy atom. The molecule has 0 fully saturated rings. The number of nitrogens with zero attached hydrogens (tertiary/aromatic N) is 3. The van der Waals surface area contributed by atoms with Crippen LogP contribution in [-0.4, -0.2) is 34.9 Å². The summed E-state index contributed by atoms with van der Waals surface area (Å²) < 4.78 is 12.5. The Balaban J connectivity index is 1.65. The molecule has 0 unspecified atom stereocenters. The number of halogens is 1. The second-order valence-corrected chi connectivity index (χ2v) is 8.38. The molecule has 0 aliphatic heterocycles. The molecule has 7 nitrogen and oxygen atoms in total. The van der Waals surface area contributed by atoms with E-state index in [-0.39, 0.29) is 5.91 Å². The number of nitrogens with one attached hydrogen (secondary N) is 1. The molecular weight excluding hydrogens is 460 g/mol. The molecule has 168 valence electrons. The average Bonchev–Trinajstić information content (AvgIpc) is 3.31. The number of carbonyl (C=O) groups excluding carboxylic acids is 1. The van der Waals surface area contributed by atoms with Gasteiger partial charge in [-0.3, -0.25) is 9.36 Å². The first-order valence-corrected chi connectivity index (χ1v) is 11.3. The highest BCUT2D eigenvalue weighted by molar-refractivity contribution is 8.00. The number of amides is 1. The number of hydrogen-bond acceptors (Lipinski definition) is 6. The fourth-order valence-corrected chi connectivity index (χ4v) is 4.54. The highest BCUT2D eigenvalue weighted by Crippen LogP contribution is 2.37. The summed E-state index contributed by atoms with van der Waals surface area (Å²) in [6, 6.07) is 22.2. The van der Waals surface area contributed by atoms with Crippen LogP contribution in [0.3, 0.4) is 0 Å². The molecule has 4 rings (SSSR count). The van der Waals surface area contributed by atoms with Crippen molar-refractivity contribution in [3.63, 3.8) is 0 Å². The fraction of sp³-hybridized carbons (Fsp3) is 0.125. The van der Waals surface area contributed by atoms with Gasteiger partial charge in [0, 0.05) is 5.69 Å². The molecule has 33 heavy (non-hydrogen) atoms. The van der Waals surface area contributed by atoms with Crippen molar-refractivity contribution >= 4 is 35.0 Å². The van der Waals surface area contributed by atoms with Gasteiger partial charge in [0.05, 0.1) is 24.9 Å². The van der Waals surface area contributed by atoms with Crippen molar-refractivity contribution in [1.29, 1.82) is 0 Å². The van der Waals surface area contributed by atoms with Crippen LogP contribution >= 0.6 is 23.4 Å². The number of methoxy groups -OCH3 is 2. The van der Waals surface area contributed by atoms with E-state index in [1.165, 1.54) is 11.8 Å². The zero-order valence-corrected chi connectivity index (χ0v) is 19.5. The lowest BCUT2D eigenvalue weighted by atomic mass is 10.1. The van der Waals surface area contributed by atoms with Crippen molar-refractivity contribution in [3.05, 3.63) is 89.7 Å². The van der Waals surface area contributed by atoms with Crippen LogP contribution in [0.1, 0.15) is 10.8 Å². The number of carbonyl (C=O) groups is 1. The number of ether oxygens (including phenoxy) is 2. The highest BCUT2D eigenvalue weighted by Gasteiger charge is 2.25. The molecule has 0 saturated carbocycles. The van der Waals surface area contributed by atoms with Crippen molar-refractivity contribution in [2.75, 3.05) is 19.5 Å². The summed E-state index contributed by atoms with van der Waals surface area (Å²) in [6.45, 7) is 0. The Hall–Kier alpha value is -3.49. The van der Waals surface area contributed by atoms with Gasteiger partial charge in [0.2, 0.25) is 5.91 Å². The Bertz CT molecular complexity index is 1250. The molecule has 3 aromatic carbocycles. The third-order valence-electron chi connectivity index (χ3n) is 4.84. The zero-order chi connectivity index (χ0) is 23.2. The predicted molar refractivity (Wildman–Crippen MR) is 130 cm³/mol. The van der Waals surface area contributed by atoms with Crippen LogP contribution in [0.4, 0.5) is 5.69 Å². The minimum atomic E-state index is -0.593. The molecule has 0 bridgehead atoms. The summed E-state index contributed by atoms with van der Waals surface area (Å²) >= 11 is 7.52. The van der Waals surface area contributed by atoms with Gasteiger partial charge in [-0.15, -0.1) is 10.2 Å². The van der Waals surface area contributed by atoms with E-state index in [0.29, 0.717) is 27.4 Å². The smallest absolute Gasteiger partial charge is 0.242 e. The van der Waals surface area contributed by atoms with Crippen LogP contribution in [0.15, 0.2) is 84.3 Å². The molecule has 0 saturated heterocycles. The molecule has 1 amide bonds. The van der Waals surface area contributed by atoms with Gasteiger partial charge in [0.25, 0.3) is 0 Å². The molecule has 4 aromatic rings. The molecule has 0 spiro atoms. The van der Waals surface area contributed by atoms with Gasteiger partial charge >= 0.3 is 0 Å². The summed E-state index contributed by atoms with van der Waals surface area (Å²) in [7, 11) is 3.15. The monoisotopic (exact) mass is 480 g/mol. The van der Waals surface area contributed by atoms with Crippen LogP contribution in [0.25, 0.3) is 5.69 Å². The number of rotatable bonds is 8. The maximum absolute atomic E-state index is 13.4. The van der Waals surface area contributed by atoms with Crippen molar-refractivity contribution in [1.82, 2.24) is 14.8 Å². The topological polar surface area (TPSA) is 78.3 Å². The lowest BCUT2D eigenvalue weighted by molar-refractivity contribution is -0.115. The van der Waals surface area contributed by atoms with Crippen LogP contribution in [0, 0.1) is 0 Å². The van der Waals surface area contributed by atoms with Gasteiger partial charge in [0.15, 0.2) is 5.16 Å². The SMILES string of the molecule is COc1ccc(NC(=O)[C@@H](Sc2nncn2-c2ccccc2OC)c2ccccc2)cc1Cl. The Labute approximate surface area is 200 Å². The molecule has 0 aliphatic carbocycles. The van der Waals surface area contributed by atoms with Gasteiger partial charge in [-0.25, -0.2) is 0 Å². The van der Waals surface area contributed by atoms with Crippen molar-refractivity contribution in [3.8, 4) is 17.2 Å². The van der Waals surface area contributed by atoms with E-state index >= 15 is 0 Å². The third kappa shape index (κ3) is 5.13. The molecule has 1 aromatic heterocycles. The van der Waals surface area contributed by atoms with Crippen LogP contribution in [0.5, 0.6) is 11.5 Å². The van der Waals surface area contributed by atoms with Crippen LogP contribution in [0.2, 0.25) is 5.02 Å². The minimum Gasteiger partial charge on any atom is -0.495 e. The number of para-hydroxylation sites is 2. The van der Waals surface area contributed by atoms with E-state index in [9.17, 15) is 4.79 Å². The third-order valence-corrected chi connectivity index (χ3v) is 6.35. The number of aromatic nitrogens is 3. The summed E-state index contributed by atoms with van der Waals surface area (Å²) in [5.41, 5.74) is 2.18. The summed E-state index contributed by atoms with van der Waals surface area (Å²) in [6.07, 6.45) is 1.60. The molecule has 1 N–H and O–H groups in total. The Morgan fingerprint density at radius 3 is 2.45 bits per heavy atom. The van der Waals surface area contributed by atoms with E-state index in [4.69, 9.17) is 21.1 Å². The summed E-state index contributed by atoms with van der Waals surface area (Å²) in [5, 5.41) is 11.6. The number of thioether (sulfide) groups is 1. The average molecular weight is 481 g/mol. The lowest BCUT2D eigenvalue weighted by Crippen LogP contribution is -2.19. The minimum absolute atomic E-state index is 0.220. The normalized spacial score (nSPS) is 11.6. The molecular formula is C24H21ClN4O3S. The van der Waals surface area contributed by atoms with Gasteiger partial charge in [-0.05, 0) is 35.9 Å². The van der Waals surface area contributed by atoms with Gasteiger partial charge in [-0.2, -0.15) is 0 Å². The van der Waals surface area contributed by atoms with Gasteiger partial charge < -0.3 is 14.8 Å². The van der Waals surface area contributed by atoms with E-state index < -0.39 is 5.25 Å². The fourth-order valence-electron chi connectivity index (χ4n) is 3.26. The van der Waals surface area contributed by atoms with E-state index in [0.717, 1.165) is 11.3 Å². The Morgan fingerprint density at radius 1 is 1.00 bits per heavy atom. The molecule has 0 aliphatic rings. The van der Waals surface area contributed by atoms with Crippen molar-refractivity contribution in [2.24, 2.45) is 0 Å². The van der Waals surface area contributed by atoms with E-state index in [1.807, 2.05) is 54.6 Å². The predicted octanol–water partition coefficient (Wildman–Crippen LogP) is 5.41. The highest BCUT2D eigenvalue weighted by atomic mass is 35.5. The standard InChI is InChI=1S/C24H21ClN4O3S/c1-31-20-13-12-17(14-18(20)25)27-23(30)22(16-8-4-3-5-9-16)33-24-28-26-15-29(24)19-10-6-7-11-21(19)32-2/h3-15,22H,1-2H3,(H,27,30)/t22-/m0/s1. The zero-order valence-electron chi connectivity index (χ0n) is 17.9. The van der Waals surface area contributed by atoms with Gasteiger partial charge in [-0.1, -0.05) is 65.8 Å². The molecule has 1 atom stereocenters. The maximum atomic E-state index is 13.4. The maximum Gasteiger partial charge on any atom is 0.242 e. The van der Waals surface area contributed by atoms with E-state index in [2.05, 4.69) is 15.5 Å². The van der Waals surface area contributed by atoms with Crippen molar-refractivity contribution < 1.29 is 14.3 Å². The largest absolute Gasteiger partial charge is 0.495 e. The van der Waals surface area contributed by atoms with Crippen LogP contribution < -0.4 is 14.8 Å². The summed E-state index contributed by atoms with van der Waals surface area (Å²) in [4.78, 5) is 13.4.